The van der Waals surface area contributed by atoms with Gasteiger partial charge < -0.3 is 14.5 Å². The van der Waals surface area contributed by atoms with Crippen molar-refractivity contribution in [2.24, 2.45) is 0 Å². The number of aromatic amines is 1. The van der Waals surface area contributed by atoms with Gasteiger partial charge in [0.2, 0.25) is 5.88 Å². The zero-order valence-electron chi connectivity index (χ0n) is 9.83. The van der Waals surface area contributed by atoms with Gasteiger partial charge in [-0.2, -0.15) is 4.98 Å². The Morgan fingerprint density at radius 3 is 2.53 bits per heavy atom. The Labute approximate surface area is 108 Å². The molecule has 0 saturated carbocycles. The van der Waals surface area contributed by atoms with Crippen molar-refractivity contribution in [3.63, 3.8) is 0 Å². The molecule has 0 aliphatic carbocycles. The number of H-pyrrole nitrogens is 1. The summed E-state index contributed by atoms with van der Waals surface area (Å²) in [6.45, 7) is 0. The Morgan fingerprint density at radius 1 is 1.11 bits per heavy atom. The lowest BCUT2D eigenvalue weighted by molar-refractivity contribution is 0.454. The first kappa shape index (κ1) is 11.3. The molecule has 1 aromatic carbocycles. The van der Waals surface area contributed by atoms with Crippen LogP contribution >= 0.6 is 0 Å². The predicted octanol–water partition coefficient (Wildman–Crippen LogP) is 2.40. The van der Waals surface area contributed by atoms with E-state index in [-0.39, 0.29) is 17.3 Å². The van der Waals surface area contributed by atoms with Crippen LogP contribution in [0.15, 0.2) is 58.1 Å². The van der Waals surface area contributed by atoms with Crippen molar-refractivity contribution >= 4 is 0 Å². The maximum atomic E-state index is 12.1. The fraction of sp³-hybridized carbons (Fsp3) is 0. The molecule has 0 fully saturated rings. The van der Waals surface area contributed by atoms with Crippen LogP contribution in [-0.4, -0.2) is 15.1 Å². The van der Waals surface area contributed by atoms with E-state index in [0.717, 1.165) is 0 Å². The van der Waals surface area contributed by atoms with E-state index in [1.165, 1.54) is 12.5 Å². The summed E-state index contributed by atoms with van der Waals surface area (Å²) in [6, 6.07) is 10.5. The van der Waals surface area contributed by atoms with Crippen LogP contribution in [0.5, 0.6) is 5.88 Å². The normalized spacial score (nSPS) is 10.5. The Balaban J connectivity index is 2.17. The maximum Gasteiger partial charge on any atom is 0.262 e. The van der Waals surface area contributed by atoms with Gasteiger partial charge in [0.1, 0.15) is 17.7 Å². The van der Waals surface area contributed by atoms with E-state index in [1.54, 1.807) is 30.3 Å². The smallest absolute Gasteiger partial charge is 0.262 e. The zero-order valence-corrected chi connectivity index (χ0v) is 9.83. The summed E-state index contributed by atoms with van der Waals surface area (Å²) < 4.78 is 4.92. The summed E-state index contributed by atoms with van der Waals surface area (Å²) >= 11 is 0. The first-order valence-electron chi connectivity index (χ1n) is 5.67. The molecule has 0 spiro atoms. The number of aromatic hydroxyl groups is 1. The van der Waals surface area contributed by atoms with Crippen molar-refractivity contribution in [2.75, 3.05) is 0 Å². The summed E-state index contributed by atoms with van der Waals surface area (Å²) in [5.41, 5.74) is 0.988. The lowest BCUT2D eigenvalue weighted by atomic mass is 10.1. The average molecular weight is 254 g/mol. The molecule has 5 nitrogen and oxygen atoms in total. The number of nitrogens with zero attached hydrogens (tertiary/aromatic N) is 1. The standard InChI is InChI=1S/C14H10N2O3/c17-13-11(9-4-2-1-3-5-9)14(18)16-12(15-13)10-6-7-19-8-10/h1-8H,(H2,15,16,17,18). The summed E-state index contributed by atoms with van der Waals surface area (Å²) in [7, 11) is 0. The van der Waals surface area contributed by atoms with Crippen LogP contribution in [0.3, 0.4) is 0 Å². The number of hydrogen-bond donors (Lipinski definition) is 2. The molecule has 0 unspecified atom stereocenters. The van der Waals surface area contributed by atoms with E-state index < -0.39 is 5.56 Å². The highest BCUT2D eigenvalue weighted by molar-refractivity contribution is 5.68. The molecule has 3 rings (SSSR count). The first-order chi connectivity index (χ1) is 9.25. The molecule has 0 aliphatic rings. The van der Waals surface area contributed by atoms with Gasteiger partial charge in [0.25, 0.3) is 5.56 Å². The second-order valence-electron chi connectivity index (χ2n) is 3.99. The Kier molecular flexibility index (Phi) is 2.64. The summed E-state index contributed by atoms with van der Waals surface area (Å²) in [4.78, 5) is 18.7. The minimum Gasteiger partial charge on any atom is -0.493 e. The molecule has 3 aromatic rings. The fourth-order valence-electron chi connectivity index (χ4n) is 1.86. The SMILES string of the molecule is O=c1[nH]c(-c2ccoc2)nc(O)c1-c1ccccc1. The Hall–Kier alpha value is -2.82. The van der Waals surface area contributed by atoms with Crippen LogP contribution in [0.25, 0.3) is 22.5 Å². The third-order valence-corrected chi connectivity index (χ3v) is 2.76. The zero-order chi connectivity index (χ0) is 13.2. The molecular formula is C14H10N2O3. The topological polar surface area (TPSA) is 79.1 Å². The van der Waals surface area contributed by atoms with Crippen molar-refractivity contribution in [2.45, 2.75) is 0 Å². The number of nitrogens with one attached hydrogen (secondary N) is 1. The second kappa shape index (κ2) is 4.45. The number of benzene rings is 1. The van der Waals surface area contributed by atoms with E-state index in [4.69, 9.17) is 4.42 Å². The second-order valence-corrected chi connectivity index (χ2v) is 3.99. The third kappa shape index (κ3) is 2.01. The molecule has 19 heavy (non-hydrogen) atoms. The lowest BCUT2D eigenvalue weighted by Crippen LogP contribution is -2.11. The van der Waals surface area contributed by atoms with Crippen LogP contribution < -0.4 is 5.56 Å². The van der Waals surface area contributed by atoms with Gasteiger partial charge in [-0.15, -0.1) is 0 Å². The van der Waals surface area contributed by atoms with Crippen molar-refractivity contribution in [1.29, 1.82) is 0 Å². The minimum atomic E-state index is -0.394. The third-order valence-electron chi connectivity index (χ3n) is 2.76. The lowest BCUT2D eigenvalue weighted by Gasteiger charge is -2.04. The number of aromatic nitrogens is 2. The van der Waals surface area contributed by atoms with Gasteiger partial charge >= 0.3 is 0 Å². The summed E-state index contributed by atoms with van der Waals surface area (Å²) in [5.74, 6) is -0.0259. The molecule has 2 N–H and O–H groups in total. The largest absolute Gasteiger partial charge is 0.493 e. The van der Waals surface area contributed by atoms with Crippen LogP contribution in [-0.2, 0) is 0 Å². The average Bonchev–Trinajstić information content (AvgIpc) is 2.93. The number of rotatable bonds is 2. The van der Waals surface area contributed by atoms with Crippen molar-refractivity contribution in [3.8, 4) is 28.4 Å². The van der Waals surface area contributed by atoms with E-state index in [1.807, 2.05) is 6.07 Å². The van der Waals surface area contributed by atoms with Gasteiger partial charge in [-0.1, -0.05) is 30.3 Å². The first-order valence-corrected chi connectivity index (χ1v) is 5.67. The molecule has 94 valence electrons. The van der Waals surface area contributed by atoms with E-state index in [9.17, 15) is 9.90 Å². The van der Waals surface area contributed by atoms with Crippen LogP contribution in [0.2, 0.25) is 0 Å². The molecule has 0 radical (unpaired) electrons. The quantitative estimate of drug-likeness (QED) is 0.736. The summed E-state index contributed by atoms with van der Waals surface area (Å²) in [5, 5.41) is 9.96. The molecule has 0 saturated heterocycles. The van der Waals surface area contributed by atoms with E-state index in [0.29, 0.717) is 11.1 Å². The molecule has 2 aromatic heterocycles. The van der Waals surface area contributed by atoms with Gasteiger partial charge in [0, 0.05) is 0 Å². The number of furan rings is 1. The molecule has 0 amide bonds. The monoisotopic (exact) mass is 254 g/mol. The van der Waals surface area contributed by atoms with Gasteiger partial charge in [0.05, 0.1) is 11.8 Å². The Bertz CT molecular complexity index is 746. The molecular weight excluding hydrogens is 244 g/mol. The fourth-order valence-corrected chi connectivity index (χ4v) is 1.86. The van der Waals surface area contributed by atoms with E-state index >= 15 is 0 Å². The van der Waals surface area contributed by atoms with Crippen LogP contribution in [0, 0.1) is 0 Å². The molecule has 0 aliphatic heterocycles. The molecule has 0 bridgehead atoms. The highest BCUT2D eigenvalue weighted by atomic mass is 16.3. The number of hydrogen-bond acceptors (Lipinski definition) is 4. The molecule has 5 heteroatoms. The van der Waals surface area contributed by atoms with Crippen LogP contribution in [0.4, 0.5) is 0 Å². The summed E-state index contributed by atoms with van der Waals surface area (Å²) in [6.07, 6.45) is 2.91. The van der Waals surface area contributed by atoms with E-state index in [2.05, 4.69) is 9.97 Å². The minimum absolute atomic E-state index is 0.160. The van der Waals surface area contributed by atoms with Crippen LogP contribution in [0.1, 0.15) is 0 Å². The van der Waals surface area contributed by atoms with Crippen molar-refractivity contribution in [1.82, 2.24) is 9.97 Å². The molecule has 2 heterocycles. The molecule has 0 atom stereocenters. The van der Waals surface area contributed by atoms with Gasteiger partial charge in [0.15, 0.2) is 0 Å². The van der Waals surface area contributed by atoms with Gasteiger partial charge in [-0.25, -0.2) is 0 Å². The predicted molar refractivity (Wildman–Crippen MR) is 69.7 cm³/mol. The van der Waals surface area contributed by atoms with Crippen molar-refractivity contribution < 1.29 is 9.52 Å². The van der Waals surface area contributed by atoms with Crippen molar-refractivity contribution in [3.05, 3.63) is 59.3 Å². The van der Waals surface area contributed by atoms with Gasteiger partial charge in [-0.05, 0) is 11.6 Å². The van der Waals surface area contributed by atoms with Gasteiger partial charge in [-0.3, -0.25) is 4.79 Å². The highest BCUT2D eigenvalue weighted by Gasteiger charge is 2.13. The highest BCUT2D eigenvalue weighted by Crippen LogP contribution is 2.25. The Morgan fingerprint density at radius 2 is 1.89 bits per heavy atom. The maximum absolute atomic E-state index is 12.1.